The minimum absolute atomic E-state index is 0.757. The molecule has 0 unspecified atom stereocenters. The average Bonchev–Trinajstić information content (AvgIpc) is 3.21. The number of aromatic nitrogens is 2. The number of aryl methyl sites for hydroxylation is 1. The molecule has 114 valence electrons. The van der Waals surface area contributed by atoms with Crippen molar-refractivity contribution in [2.24, 2.45) is 0 Å². The van der Waals surface area contributed by atoms with E-state index in [1.165, 1.54) is 26.1 Å². The smallest absolute Gasteiger partial charge is 0.0778 e. The molecule has 0 saturated carbocycles. The fraction of sp³-hybridized carbons (Fsp3) is 0.111. The van der Waals surface area contributed by atoms with Crippen LogP contribution in [0.1, 0.15) is 17.0 Å². The molecular formula is C18H13ClN2S2. The van der Waals surface area contributed by atoms with Crippen molar-refractivity contribution in [1.29, 1.82) is 0 Å². The van der Waals surface area contributed by atoms with Gasteiger partial charge in [-0.2, -0.15) is 21.5 Å². The molecule has 0 spiro atoms. The lowest BCUT2D eigenvalue weighted by Crippen LogP contribution is -1.96. The van der Waals surface area contributed by atoms with Crippen LogP contribution in [0.3, 0.4) is 0 Å². The van der Waals surface area contributed by atoms with E-state index in [0.717, 1.165) is 22.8 Å². The summed E-state index contributed by atoms with van der Waals surface area (Å²) >= 11 is 9.47. The summed E-state index contributed by atoms with van der Waals surface area (Å²) in [7, 11) is 0. The van der Waals surface area contributed by atoms with Crippen LogP contribution < -0.4 is 0 Å². The third-order valence-electron chi connectivity index (χ3n) is 3.77. The fourth-order valence-electron chi connectivity index (χ4n) is 2.58. The van der Waals surface area contributed by atoms with Crippen LogP contribution in [-0.4, -0.2) is 10.2 Å². The summed E-state index contributed by atoms with van der Waals surface area (Å²) in [6, 6.07) is 12.3. The zero-order valence-electron chi connectivity index (χ0n) is 12.4. The minimum atomic E-state index is 0.757. The number of nitrogens with zero attached hydrogens (tertiary/aromatic N) is 2. The standard InChI is InChI=1S/C18H13ClN2S2/c1-11-18-15(16(21-20-11)8-12-6-7-22-10-12)9-17(23-18)13-2-4-14(19)5-3-13/h2-7,9-10H,8H2,1H3. The second-order valence-electron chi connectivity index (χ2n) is 5.40. The molecule has 0 aliphatic rings. The molecule has 0 radical (unpaired) electrons. The van der Waals surface area contributed by atoms with E-state index >= 15 is 0 Å². The lowest BCUT2D eigenvalue weighted by atomic mass is 10.1. The van der Waals surface area contributed by atoms with E-state index in [2.05, 4.69) is 45.2 Å². The van der Waals surface area contributed by atoms with E-state index in [9.17, 15) is 0 Å². The van der Waals surface area contributed by atoms with Gasteiger partial charge in [-0.05, 0) is 53.1 Å². The van der Waals surface area contributed by atoms with E-state index in [1.807, 2.05) is 19.1 Å². The highest BCUT2D eigenvalue weighted by Gasteiger charge is 2.13. The van der Waals surface area contributed by atoms with Crippen molar-refractivity contribution >= 4 is 44.4 Å². The van der Waals surface area contributed by atoms with Crippen LogP contribution in [0.4, 0.5) is 0 Å². The maximum absolute atomic E-state index is 5.99. The molecule has 0 saturated heterocycles. The van der Waals surface area contributed by atoms with Crippen LogP contribution in [0, 0.1) is 6.92 Å². The van der Waals surface area contributed by atoms with Gasteiger partial charge >= 0.3 is 0 Å². The number of halogens is 1. The van der Waals surface area contributed by atoms with Crippen LogP contribution in [-0.2, 0) is 6.42 Å². The first kappa shape index (κ1) is 14.8. The van der Waals surface area contributed by atoms with Crippen molar-refractivity contribution in [3.63, 3.8) is 0 Å². The highest BCUT2D eigenvalue weighted by molar-refractivity contribution is 7.22. The van der Waals surface area contributed by atoms with Gasteiger partial charge in [0.15, 0.2) is 0 Å². The van der Waals surface area contributed by atoms with Gasteiger partial charge in [0.1, 0.15) is 0 Å². The molecule has 0 amide bonds. The molecule has 3 heterocycles. The van der Waals surface area contributed by atoms with Gasteiger partial charge in [0, 0.05) is 21.7 Å². The second kappa shape index (κ2) is 6.04. The monoisotopic (exact) mass is 356 g/mol. The summed E-state index contributed by atoms with van der Waals surface area (Å²) in [5.41, 5.74) is 4.49. The van der Waals surface area contributed by atoms with E-state index < -0.39 is 0 Å². The van der Waals surface area contributed by atoms with Crippen molar-refractivity contribution < 1.29 is 0 Å². The zero-order valence-corrected chi connectivity index (χ0v) is 14.8. The molecule has 0 bridgehead atoms. The van der Waals surface area contributed by atoms with E-state index in [0.29, 0.717) is 0 Å². The van der Waals surface area contributed by atoms with Crippen molar-refractivity contribution in [2.75, 3.05) is 0 Å². The van der Waals surface area contributed by atoms with E-state index in [-0.39, 0.29) is 0 Å². The Hall–Kier alpha value is -1.75. The minimum Gasteiger partial charge on any atom is -0.154 e. The first-order chi connectivity index (χ1) is 11.2. The predicted octanol–water partition coefficient (Wildman–Crippen LogP) is 5.97. The van der Waals surface area contributed by atoms with Gasteiger partial charge in [0.2, 0.25) is 0 Å². The van der Waals surface area contributed by atoms with Gasteiger partial charge in [0.05, 0.1) is 16.1 Å². The maximum Gasteiger partial charge on any atom is 0.0778 e. The summed E-state index contributed by atoms with van der Waals surface area (Å²) < 4.78 is 1.22. The Morgan fingerprint density at radius 2 is 1.91 bits per heavy atom. The third kappa shape index (κ3) is 2.90. The topological polar surface area (TPSA) is 25.8 Å². The molecule has 2 nitrogen and oxygen atoms in total. The molecule has 4 aromatic rings. The molecular weight excluding hydrogens is 344 g/mol. The Bertz CT molecular complexity index is 957. The van der Waals surface area contributed by atoms with E-state index in [1.54, 1.807) is 22.7 Å². The first-order valence-corrected chi connectivity index (χ1v) is 9.37. The van der Waals surface area contributed by atoms with Gasteiger partial charge in [0.25, 0.3) is 0 Å². The predicted molar refractivity (Wildman–Crippen MR) is 99.7 cm³/mol. The molecule has 0 N–H and O–H groups in total. The zero-order chi connectivity index (χ0) is 15.8. The molecule has 0 aliphatic heterocycles. The molecule has 0 fully saturated rings. The van der Waals surface area contributed by atoms with Gasteiger partial charge in [-0.3, -0.25) is 0 Å². The lowest BCUT2D eigenvalue weighted by Gasteiger charge is -2.01. The summed E-state index contributed by atoms with van der Waals surface area (Å²) in [6.07, 6.45) is 0.823. The number of thiophene rings is 2. The largest absolute Gasteiger partial charge is 0.154 e. The Morgan fingerprint density at radius 1 is 1.09 bits per heavy atom. The lowest BCUT2D eigenvalue weighted by molar-refractivity contribution is 0.934. The fourth-order valence-corrected chi connectivity index (χ4v) is 4.50. The number of rotatable bonds is 3. The van der Waals surface area contributed by atoms with Crippen molar-refractivity contribution in [1.82, 2.24) is 10.2 Å². The number of benzene rings is 1. The van der Waals surface area contributed by atoms with Crippen molar-refractivity contribution in [3.8, 4) is 10.4 Å². The van der Waals surface area contributed by atoms with E-state index in [4.69, 9.17) is 11.6 Å². The van der Waals surface area contributed by atoms with Crippen LogP contribution in [0.5, 0.6) is 0 Å². The third-order valence-corrected chi connectivity index (χ3v) is 6.05. The highest BCUT2D eigenvalue weighted by Crippen LogP contribution is 2.36. The summed E-state index contributed by atoms with van der Waals surface area (Å²) in [6.45, 7) is 2.02. The van der Waals surface area contributed by atoms with Crippen molar-refractivity contribution in [2.45, 2.75) is 13.3 Å². The Labute approximate surface area is 147 Å². The Balaban J connectivity index is 1.83. The quantitative estimate of drug-likeness (QED) is 0.451. The Kier molecular flexibility index (Phi) is 3.89. The van der Waals surface area contributed by atoms with Gasteiger partial charge in [-0.25, -0.2) is 0 Å². The SMILES string of the molecule is Cc1nnc(Cc2ccsc2)c2cc(-c3ccc(Cl)cc3)sc12. The molecule has 4 rings (SSSR count). The number of fused-ring (bicyclic) bond motifs is 1. The van der Waals surface area contributed by atoms with Gasteiger partial charge in [-0.1, -0.05) is 23.7 Å². The normalized spacial score (nSPS) is 11.2. The second-order valence-corrected chi connectivity index (χ2v) is 7.67. The first-order valence-electron chi connectivity index (χ1n) is 7.23. The average molecular weight is 357 g/mol. The molecule has 1 aromatic carbocycles. The summed E-state index contributed by atoms with van der Waals surface area (Å²) in [4.78, 5) is 1.22. The summed E-state index contributed by atoms with van der Waals surface area (Å²) in [5.74, 6) is 0. The molecule has 3 aromatic heterocycles. The highest BCUT2D eigenvalue weighted by atomic mass is 35.5. The molecule has 0 atom stereocenters. The number of hydrogen-bond acceptors (Lipinski definition) is 4. The maximum atomic E-state index is 5.99. The Morgan fingerprint density at radius 3 is 2.65 bits per heavy atom. The van der Waals surface area contributed by atoms with Crippen LogP contribution in [0.25, 0.3) is 20.5 Å². The summed E-state index contributed by atoms with van der Waals surface area (Å²) in [5, 5.41) is 15.0. The molecule has 23 heavy (non-hydrogen) atoms. The van der Waals surface area contributed by atoms with Gasteiger partial charge in [-0.15, -0.1) is 11.3 Å². The van der Waals surface area contributed by atoms with Crippen molar-refractivity contribution in [3.05, 3.63) is 69.1 Å². The van der Waals surface area contributed by atoms with Crippen LogP contribution >= 0.6 is 34.3 Å². The van der Waals surface area contributed by atoms with Gasteiger partial charge < -0.3 is 0 Å². The molecule has 5 heteroatoms. The van der Waals surface area contributed by atoms with Crippen LogP contribution in [0.15, 0.2) is 47.2 Å². The number of hydrogen-bond donors (Lipinski definition) is 0. The van der Waals surface area contributed by atoms with Crippen LogP contribution in [0.2, 0.25) is 5.02 Å². The molecule has 0 aliphatic carbocycles.